The standard InChI is InChI=1S/C15H22N2O3/c1-9-8-10(2)16-14(13(9)15(18)19)17-11(3)12-4-6-20-7-5-12/h8,11-12H,4-7H2,1-3H3,(H,16,17)(H,18,19). The van der Waals surface area contributed by atoms with Crippen molar-refractivity contribution in [2.24, 2.45) is 5.92 Å². The molecule has 0 aromatic carbocycles. The minimum atomic E-state index is -0.934. The van der Waals surface area contributed by atoms with Crippen molar-refractivity contribution in [3.05, 3.63) is 22.9 Å². The smallest absolute Gasteiger partial charge is 0.339 e. The van der Waals surface area contributed by atoms with E-state index in [2.05, 4.69) is 17.2 Å². The van der Waals surface area contributed by atoms with E-state index in [1.807, 2.05) is 13.8 Å². The highest BCUT2D eigenvalue weighted by atomic mass is 16.5. The summed E-state index contributed by atoms with van der Waals surface area (Å²) in [5, 5.41) is 12.7. The number of ether oxygens (including phenoxy) is 1. The maximum Gasteiger partial charge on any atom is 0.339 e. The molecule has 0 amide bonds. The van der Waals surface area contributed by atoms with Crippen LogP contribution in [0, 0.1) is 19.8 Å². The van der Waals surface area contributed by atoms with Gasteiger partial charge < -0.3 is 15.2 Å². The van der Waals surface area contributed by atoms with Crippen molar-refractivity contribution in [2.45, 2.75) is 39.7 Å². The number of hydrogen-bond acceptors (Lipinski definition) is 4. The lowest BCUT2D eigenvalue weighted by atomic mass is 9.92. The van der Waals surface area contributed by atoms with Crippen molar-refractivity contribution in [3.8, 4) is 0 Å². The number of anilines is 1. The number of carboxylic acid groups (broad SMARTS) is 1. The normalized spacial score (nSPS) is 17.8. The molecule has 0 saturated carbocycles. The van der Waals surface area contributed by atoms with Gasteiger partial charge in [0.2, 0.25) is 0 Å². The van der Waals surface area contributed by atoms with Gasteiger partial charge in [-0.25, -0.2) is 9.78 Å². The minimum Gasteiger partial charge on any atom is -0.478 e. The van der Waals surface area contributed by atoms with Gasteiger partial charge in [0.1, 0.15) is 11.4 Å². The average molecular weight is 278 g/mol. The lowest BCUT2D eigenvalue weighted by Crippen LogP contribution is -2.32. The molecule has 2 N–H and O–H groups in total. The van der Waals surface area contributed by atoms with Gasteiger partial charge in [-0.2, -0.15) is 0 Å². The van der Waals surface area contributed by atoms with Gasteiger partial charge in [0.15, 0.2) is 0 Å². The molecule has 1 unspecified atom stereocenters. The first kappa shape index (κ1) is 14.8. The number of pyridine rings is 1. The Labute approximate surface area is 119 Å². The third-order valence-corrected chi connectivity index (χ3v) is 3.90. The Morgan fingerprint density at radius 1 is 1.45 bits per heavy atom. The van der Waals surface area contributed by atoms with E-state index >= 15 is 0 Å². The molecule has 0 bridgehead atoms. The van der Waals surface area contributed by atoms with Crippen LogP contribution in [0.5, 0.6) is 0 Å². The second-order valence-electron chi connectivity index (χ2n) is 5.49. The fraction of sp³-hybridized carbons (Fsp3) is 0.600. The Balaban J connectivity index is 2.21. The summed E-state index contributed by atoms with van der Waals surface area (Å²) >= 11 is 0. The van der Waals surface area contributed by atoms with E-state index in [9.17, 15) is 9.90 Å². The van der Waals surface area contributed by atoms with Crippen LogP contribution in [0.4, 0.5) is 5.82 Å². The van der Waals surface area contributed by atoms with E-state index in [1.165, 1.54) is 0 Å². The van der Waals surface area contributed by atoms with Gasteiger partial charge >= 0.3 is 5.97 Å². The van der Waals surface area contributed by atoms with Gasteiger partial charge in [-0.1, -0.05) is 0 Å². The number of carboxylic acids is 1. The number of aryl methyl sites for hydroxylation is 2. The highest BCUT2D eigenvalue weighted by molar-refractivity contribution is 5.94. The van der Waals surface area contributed by atoms with E-state index in [4.69, 9.17) is 4.74 Å². The van der Waals surface area contributed by atoms with Crippen molar-refractivity contribution in [1.82, 2.24) is 4.98 Å². The number of rotatable bonds is 4. The predicted octanol–water partition coefficient (Wildman–Crippen LogP) is 2.62. The Kier molecular flexibility index (Phi) is 4.60. The van der Waals surface area contributed by atoms with Gasteiger partial charge in [-0.3, -0.25) is 0 Å². The van der Waals surface area contributed by atoms with Crippen molar-refractivity contribution >= 4 is 11.8 Å². The third-order valence-electron chi connectivity index (χ3n) is 3.90. The van der Waals surface area contributed by atoms with E-state index in [1.54, 1.807) is 6.07 Å². The number of nitrogens with zero attached hydrogens (tertiary/aromatic N) is 1. The number of carbonyl (C=O) groups is 1. The summed E-state index contributed by atoms with van der Waals surface area (Å²) in [6.07, 6.45) is 2.00. The van der Waals surface area contributed by atoms with Crippen LogP contribution in [0.25, 0.3) is 0 Å². The molecule has 5 nitrogen and oxygen atoms in total. The second kappa shape index (κ2) is 6.22. The number of nitrogens with one attached hydrogen (secondary N) is 1. The highest BCUT2D eigenvalue weighted by Crippen LogP contribution is 2.24. The molecule has 1 atom stereocenters. The molecule has 1 aromatic heterocycles. The van der Waals surface area contributed by atoms with Crippen molar-refractivity contribution in [3.63, 3.8) is 0 Å². The predicted molar refractivity (Wildman–Crippen MR) is 77.3 cm³/mol. The second-order valence-corrected chi connectivity index (χ2v) is 5.49. The molecule has 5 heteroatoms. The molecule has 2 rings (SSSR count). The van der Waals surface area contributed by atoms with Crippen LogP contribution in [0.15, 0.2) is 6.07 Å². The third kappa shape index (κ3) is 3.28. The Morgan fingerprint density at radius 2 is 2.10 bits per heavy atom. The maximum absolute atomic E-state index is 11.4. The van der Waals surface area contributed by atoms with E-state index in [0.29, 0.717) is 11.7 Å². The topological polar surface area (TPSA) is 71.5 Å². The molecule has 2 heterocycles. The fourth-order valence-corrected chi connectivity index (χ4v) is 2.76. The summed E-state index contributed by atoms with van der Waals surface area (Å²) in [6.45, 7) is 7.33. The molecule has 110 valence electrons. The highest BCUT2D eigenvalue weighted by Gasteiger charge is 2.23. The van der Waals surface area contributed by atoms with Crippen molar-refractivity contribution < 1.29 is 14.6 Å². The molecule has 0 spiro atoms. The fourth-order valence-electron chi connectivity index (χ4n) is 2.76. The summed E-state index contributed by atoms with van der Waals surface area (Å²) in [7, 11) is 0. The molecule has 1 aliphatic rings. The number of aromatic carboxylic acids is 1. The van der Waals surface area contributed by atoms with Crippen LogP contribution < -0.4 is 5.32 Å². The Morgan fingerprint density at radius 3 is 2.70 bits per heavy atom. The summed E-state index contributed by atoms with van der Waals surface area (Å²) < 4.78 is 5.36. The molecule has 1 aliphatic heterocycles. The minimum absolute atomic E-state index is 0.186. The van der Waals surface area contributed by atoms with Crippen LogP contribution in [0.3, 0.4) is 0 Å². The van der Waals surface area contributed by atoms with Crippen LogP contribution in [0.2, 0.25) is 0 Å². The van der Waals surface area contributed by atoms with Gasteiger partial charge in [-0.05, 0) is 51.2 Å². The summed E-state index contributed by atoms with van der Waals surface area (Å²) in [5.41, 5.74) is 1.84. The zero-order valence-corrected chi connectivity index (χ0v) is 12.3. The van der Waals surface area contributed by atoms with Crippen LogP contribution in [-0.4, -0.2) is 35.3 Å². The molecule has 0 radical (unpaired) electrons. The van der Waals surface area contributed by atoms with Gasteiger partial charge in [0.05, 0.1) is 0 Å². The zero-order chi connectivity index (χ0) is 14.7. The molecule has 0 aliphatic carbocycles. The quantitative estimate of drug-likeness (QED) is 0.886. The maximum atomic E-state index is 11.4. The average Bonchev–Trinajstić information content (AvgIpc) is 2.38. The molecular formula is C15H22N2O3. The van der Waals surface area contributed by atoms with E-state index in [-0.39, 0.29) is 11.6 Å². The lowest BCUT2D eigenvalue weighted by molar-refractivity contribution is 0.0620. The summed E-state index contributed by atoms with van der Waals surface area (Å²) in [5.74, 6) is 0.0404. The SMILES string of the molecule is Cc1cc(C)c(C(=O)O)c(NC(C)C2CCOCC2)n1. The first-order valence-electron chi connectivity index (χ1n) is 7.05. The van der Waals surface area contributed by atoms with Crippen LogP contribution >= 0.6 is 0 Å². The van der Waals surface area contributed by atoms with Gasteiger partial charge in [-0.15, -0.1) is 0 Å². The van der Waals surface area contributed by atoms with Crippen LogP contribution in [-0.2, 0) is 4.74 Å². The lowest BCUT2D eigenvalue weighted by Gasteiger charge is -2.29. The molecular weight excluding hydrogens is 256 g/mol. The molecule has 1 aromatic rings. The van der Waals surface area contributed by atoms with Gasteiger partial charge in [0, 0.05) is 24.9 Å². The summed E-state index contributed by atoms with van der Waals surface area (Å²) in [6, 6.07) is 1.99. The van der Waals surface area contributed by atoms with Crippen LogP contribution in [0.1, 0.15) is 41.4 Å². The molecule has 1 fully saturated rings. The first-order chi connectivity index (χ1) is 9.49. The molecule has 20 heavy (non-hydrogen) atoms. The van der Waals surface area contributed by atoms with Crippen molar-refractivity contribution in [2.75, 3.05) is 18.5 Å². The number of aromatic nitrogens is 1. The van der Waals surface area contributed by atoms with Gasteiger partial charge in [0.25, 0.3) is 0 Å². The Bertz CT molecular complexity index is 496. The van der Waals surface area contributed by atoms with E-state index in [0.717, 1.165) is 37.3 Å². The summed E-state index contributed by atoms with van der Waals surface area (Å²) in [4.78, 5) is 15.8. The zero-order valence-electron chi connectivity index (χ0n) is 12.3. The Hall–Kier alpha value is -1.62. The molecule has 1 saturated heterocycles. The monoisotopic (exact) mass is 278 g/mol. The first-order valence-corrected chi connectivity index (χ1v) is 7.05. The van der Waals surface area contributed by atoms with Crippen molar-refractivity contribution in [1.29, 1.82) is 0 Å². The largest absolute Gasteiger partial charge is 0.478 e. The number of hydrogen-bond donors (Lipinski definition) is 2. The van der Waals surface area contributed by atoms with E-state index < -0.39 is 5.97 Å².